The van der Waals surface area contributed by atoms with E-state index in [0.717, 1.165) is 37.1 Å². The monoisotopic (exact) mass is 424 g/mol. The van der Waals surface area contributed by atoms with E-state index in [2.05, 4.69) is 10.2 Å². The maximum absolute atomic E-state index is 12.8. The van der Waals surface area contributed by atoms with Crippen LogP contribution in [0.2, 0.25) is 5.02 Å². The molecule has 1 aliphatic heterocycles. The topological polar surface area (TPSA) is 62.6 Å². The minimum absolute atomic E-state index is 0.0339. The van der Waals surface area contributed by atoms with Gasteiger partial charge in [0.25, 0.3) is 5.91 Å². The lowest BCUT2D eigenvalue weighted by Crippen LogP contribution is -2.40. The Labute approximate surface area is 180 Å². The summed E-state index contributed by atoms with van der Waals surface area (Å²) in [7, 11) is 0. The molecule has 1 N–H and O–H groups in total. The Kier molecular flexibility index (Phi) is 6.21. The number of fused-ring (bicyclic) bond motifs is 1. The van der Waals surface area contributed by atoms with Crippen molar-refractivity contribution in [2.24, 2.45) is 0 Å². The highest BCUT2D eigenvalue weighted by Crippen LogP contribution is 2.25. The van der Waals surface area contributed by atoms with Crippen molar-refractivity contribution in [2.45, 2.75) is 32.2 Å². The van der Waals surface area contributed by atoms with Gasteiger partial charge in [-0.25, -0.2) is 0 Å². The van der Waals surface area contributed by atoms with Gasteiger partial charge in [0.1, 0.15) is 5.58 Å². The number of aryl methyl sites for hydroxylation is 1. The van der Waals surface area contributed by atoms with Crippen molar-refractivity contribution >= 4 is 28.5 Å². The second-order valence-corrected chi connectivity index (χ2v) is 8.28. The lowest BCUT2D eigenvalue weighted by Gasteiger charge is -2.35. The zero-order valence-electron chi connectivity index (χ0n) is 17.0. The first kappa shape index (κ1) is 20.6. The largest absolute Gasteiger partial charge is 0.451 e. The molecule has 2 aromatic carbocycles. The van der Waals surface area contributed by atoms with Crippen LogP contribution in [0, 0.1) is 6.92 Å². The molecule has 2 heterocycles. The zero-order valence-corrected chi connectivity index (χ0v) is 17.7. The number of benzene rings is 2. The first-order valence-corrected chi connectivity index (χ1v) is 10.7. The van der Waals surface area contributed by atoms with Crippen molar-refractivity contribution < 1.29 is 9.21 Å². The fourth-order valence-electron chi connectivity index (χ4n) is 4.02. The van der Waals surface area contributed by atoms with Gasteiger partial charge >= 0.3 is 0 Å². The molecule has 1 aromatic heterocycles. The van der Waals surface area contributed by atoms with Gasteiger partial charge in [0.2, 0.25) is 0 Å². The van der Waals surface area contributed by atoms with E-state index in [1.807, 2.05) is 37.3 Å². The fourth-order valence-corrected chi connectivity index (χ4v) is 4.15. The van der Waals surface area contributed by atoms with Gasteiger partial charge in [-0.3, -0.25) is 14.5 Å². The summed E-state index contributed by atoms with van der Waals surface area (Å²) in [6, 6.07) is 14.4. The molecule has 1 fully saturated rings. The number of halogens is 1. The number of nitrogens with zero attached hydrogens (tertiary/aromatic N) is 1. The average Bonchev–Trinajstić information content (AvgIpc) is 2.75. The van der Waals surface area contributed by atoms with Gasteiger partial charge in [-0.15, -0.1) is 0 Å². The van der Waals surface area contributed by atoms with Gasteiger partial charge < -0.3 is 9.73 Å². The van der Waals surface area contributed by atoms with Crippen LogP contribution in [0.1, 0.15) is 47.0 Å². The van der Waals surface area contributed by atoms with E-state index in [0.29, 0.717) is 22.5 Å². The van der Waals surface area contributed by atoms with Crippen molar-refractivity contribution in [3.05, 3.63) is 80.7 Å². The van der Waals surface area contributed by atoms with Crippen LogP contribution in [-0.2, 0) is 0 Å². The lowest BCUT2D eigenvalue weighted by atomic mass is 10.0. The van der Waals surface area contributed by atoms with E-state index in [1.165, 1.54) is 12.5 Å². The third kappa shape index (κ3) is 4.58. The molecule has 1 amide bonds. The minimum atomic E-state index is -0.383. The predicted molar refractivity (Wildman–Crippen MR) is 119 cm³/mol. The molecular weight excluding hydrogens is 400 g/mol. The van der Waals surface area contributed by atoms with E-state index in [1.54, 1.807) is 12.1 Å². The summed E-state index contributed by atoms with van der Waals surface area (Å²) >= 11 is 6.06. The van der Waals surface area contributed by atoms with Crippen LogP contribution in [0.25, 0.3) is 11.0 Å². The molecule has 3 aromatic rings. The summed E-state index contributed by atoms with van der Waals surface area (Å²) in [6.07, 6.45) is 3.53. The van der Waals surface area contributed by atoms with Crippen LogP contribution in [0.3, 0.4) is 0 Å². The van der Waals surface area contributed by atoms with E-state index in [-0.39, 0.29) is 23.1 Å². The summed E-state index contributed by atoms with van der Waals surface area (Å²) < 4.78 is 5.74. The van der Waals surface area contributed by atoms with Crippen LogP contribution >= 0.6 is 11.6 Å². The number of carbonyl (C=O) groups is 1. The molecule has 1 atom stereocenters. The molecule has 1 saturated heterocycles. The summed E-state index contributed by atoms with van der Waals surface area (Å²) in [5.74, 6) is -0.349. The molecule has 0 bridgehead atoms. The summed E-state index contributed by atoms with van der Waals surface area (Å²) in [6.45, 7) is 4.33. The summed E-state index contributed by atoms with van der Waals surface area (Å²) in [5, 5.41) is 4.13. The lowest BCUT2D eigenvalue weighted by molar-refractivity contribution is 0.0897. The molecule has 0 radical (unpaired) electrons. The van der Waals surface area contributed by atoms with Gasteiger partial charge in [-0.05, 0) is 68.2 Å². The Morgan fingerprint density at radius 2 is 1.83 bits per heavy atom. The highest BCUT2D eigenvalue weighted by molar-refractivity contribution is 6.30. The van der Waals surface area contributed by atoms with Crippen LogP contribution in [-0.4, -0.2) is 30.4 Å². The fraction of sp³-hybridized carbons (Fsp3) is 0.333. The van der Waals surface area contributed by atoms with E-state index in [9.17, 15) is 9.59 Å². The van der Waals surface area contributed by atoms with Crippen molar-refractivity contribution in [2.75, 3.05) is 19.6 Å². The Hall–Kier alpha value is -2.63. The van der Waals surface area contributed by atoms with Crippen molar-refractivity contribution in [1.29, 1.82) is 0 Å². The third-order valence-corrected chi connectivity index (χ3v) is 5.90. The number of rotatable bonds is 5. The molecule has 5 nitrogen and oxygen atoms in total. The standard InChI is InChI=1S/C24H25ClN2O3/c1-16-5-10-19-21(28)14-23(30-22(19)13-16)24(29)26-15-20(27-11-3-2-4-12-27)17-6-8-18(25)9-7-17/h5-10,13-14,20H,2-4,11-12,15H2,1H3,(H,26,29). The average molecular weight is 425 g/mol. The van der Waals surface area contributed by atoms with Crippen molar-refractivity contribution in [3.8, 4) is 0 Å². The molecule has 30 heavy (non-hydrogen) atoms. The van der Waals surface area contributed by atoms with Gasteiger partial charge in [-0.2, -0.15) is 0 Å². The first-order valence-electron chi connectivity index (χ1n) is 10.3. The molecule has 0 saturated carbocycles. The molecule has 0 spiro atoms. The van der Waals surface area contributed by atoms with Crippen LogP contribution in [0.15, 0.2) is 57.7 Å². The van der Waals surface area contributed by atoms with Crippen LogP contribution in [0.4, 0.5) is 0 Å². The number of likely N-dealkylation sites (tertiary alicyclic amines) is 1. The molecule has 1 aliphatic rings. The minimum Gasteiger partial charge on any atom is -0.451 e. The molecular formula is C24H25ClN2O3. The number of hydrogen-bond donors (Lipinski definition) is 1. The number of carbonyl (C=O) groups excluding carboxylic acids is 1. The summed E-state index contributed by atoms with van der Waals surface area (Å²) in [4.78, 5) is 27.6. The number of piperidine rings is 1. The maximum Gasteiger partial charge on any atom is 0.287 e. The van der Waals surface area contributed by atoms with Gasteiger partial charge in [0, 0.05) is 17.6 Å². The number of nitrogens with one attached hydrogen (secondary N) is 1. The highest BCUT2D eigenvalue weighted by atomic mass is 35.5. The normalized spacial score (nSPS) is 15.8. The Morgan fingerprint density at radius 3 is 2.57 bits per heavy atom. The van der Waals surface area contributed by atoms with E-state index >= 15 is 0 Å². The molecule has 156 valence electrons. The zero-order chi connectivity index (χ0) is 21.1. The van der Waals surface area contributed by atoms with Crippen molar-refractivity contribution in [1.82, 2.24) is 10.2 Å². The van der Waals surface area contributed by atoms with E-state index in [4.69, 9.17) is 16.0 Å². The highest BCUT2D eigenvalue weighted by Gasteiger charge is 2.23. The number of amides is 1. The molecule has 1 unspecified atom stereocenters. The summed E-state index contributed by atoms with van der Waals surface area (Å²) in [5.41, 5.74) is 2.29. The molecule has 0 aliphatic carbocycles. The van der Waals surface area contributed by atoms with Gasteiger partial charge in [0.05, 0.1) is 11.4 Å². The second kappa shape index (κ2) is 9.02. The molecule has 4 rings (SSSR count). The predicted octanol–water partition coefficient (Wildman–Crippen LogP) is 4.71. The number of hydrogen-bond acceptors (Lipinski definition) is 4. The SMILES string of the molecule is Cc1ccc2c(=O)cc(C(=O)NCC(c3ccc(Cl)cc3)N3CCCCC3)oc2c1. The quantitative estimate of drug-likeness (QED) is 0.644. The smallest absolute Gasteiger partial charge is 0.287 e. The molecule has 6 heteroatoms. The second-order valence-electron chi connectivity index (χ2n) is 7.85. The van der Waals surface area contributed by atoms with Gasteiger partial charge in [0.15, 0.2) is 11.2 Å². The first-order chi connectivity index (χ1) is 14.5. The van der Waals surface area contributed by atoms with E-state index < -0.39 is 0 Å². The Balaban J connectivity index is 1.55. The van der Waals surface area contributed by atoms with Gasteiger partial charge in [-0.1, -0.05) is 36.2 Å². The Bertz CT molecular complexity index is 1100. The van der Waals surface area contributed by atoms with Crippen LogP contribution in [0.5, 0.6) is 0 Å². The van der Waals surface area contributed by atoms with Crippen LogP contribution < -0.4 is 10.7 Å². The van der Waals surface area contributed by atoms with Crippen molar-refractivity contribution in [3.63, 3.8) is 0 Å². The third-order valence-electron chi connectivity index (χ3n) is 5.65. The maximum atomic E-state index is 12.8. The Morgan fingerprint density at radius 1 is 1.10 bits per heavy atom.